The number of carbonyl (C=O) groups is 3. The standard InChI is InChI=1S/C41H47FN2O10S/c1-4-53-41(48)36(46)25-35(45)29-7-5-27(6-8-29)26-52-22-21-51-20-19-50-18-17-49-16-15-44(55-3)34-24-37-33(23-32(34)28-9-10-28)38(40(47)43-2)39(54-37)30-11-13-31(42)14-12-30/h5-8,11-14,23-25,28,45H,4,9-10,15-22,26H2,1-3H3,(H,43,47). The second kappa shape index (κ2) is 20.8. The number of esters is 1. The Labute approximate surface area is 324 Å². The Hall–Kier alpha value is -4.73. The SMILES string of the molecule is CCOC(=O)C(=O)C=C(O)c1ccc(COCCOCCOCCOCCN(SC)c2cc3oc(-c4ccc(F)cc4)c(C(=O)NC)c3cc2C2CC2)cc1. The van der Waals surface area contributed by atoms with E-state index in [0.29, 0.717) is 93.4 Å². The molecule has 0 unspecified atom stereocenters. The Morgan fingerprint density at radius 1 is 0.927 bits per heavy atom. The van der Waals surface area contributed by atoms with Gasteiger partial charge in [-0.15, -0.1) is 0 Å². The van der Waals surface area contributed by atoms with Crippen LogP contribution >= 0.6 is 11.9 Å². The van der Waals surface area contributed by atoms with Crippen molar-refractivity contribution in [2.75, 3.05) is 77.0 Å². The molecule has 0 atom stereocenters. The number of carbonyl (C=O) groups excluding carboxylic acids is 3. The second-order valence-electron chi connectivity index (χ2n) is 12.6. The van der Waals surface area contributed by atoms with Crippen LogP contribution < -0.4 is 9.62 Å². The highest BCUT2D eigenvalue weighted by Crippen LogP contribution is 2.48. The number of hydrogen-bond donors (Lipinski definition) is 2. The fraction of sp³-hybridized carbons (Fsp3) is 0.390. The highest BCUT2D eigenvalue weighted by molar-refractivity contribution is 7.99. The van der Waals surface area contributed by atoms with E-state index in [9.17, 15) is 23.9 Å². The molecule has 1 aliphatic rings. The van der Waals surface area contributed by atoms with Crippen molar-refractivity contribution in [3.05, 3.63) is 94.8 Å². The fourth-order valence-electron chi connectivity index (χ4n) is 5.79. The van der Waals surface area contributed by atoms with E-state index >= 15 is 0 Å². The maximum Gasteiger partial charge on any atom is 0.379 e. The van der Waals surface area contributed by atoms with E-state index in [1.54, 1.807) is 62.3 Å². The number of hydrogen-bond acceptors (Lipinski definition) is 12. The van der Waals surface area contributed by atoms with Crippen molar-refractivity contribution in [1.82, 2.24) is 5.32 Å². The summed E-state index contributed by atoms with van der Waals surface area (Å²) >= 11 is 1.60. The second-order valence-corrected chi connectivity index (χ2v) is 13.4. The van der Waals surface area contributed by atoms with Gasteiger partial charge in [-0.3, -0.25) is 9.59 Å². The van der Waals surface area contributed by atoms with Gasteiger partial charge >= 0.3 is 5.97 Å². The van der Waals surface area contributed by atoms with Gasteiger partial charge in [0.05, 0.1) is 77.3 Å². The van der Waals surface area contributed by atoms with Crippen molar-refractivity contribution >= 4 is 52.0 Å². The molecule has 3 aromatic carbocycles. The van der Waals surface area contributed by atoms with Crippen LogP contribution in [0.3, 0.4) is 0 Å². The topological polar surface area (TPSA) is 146 Å². The van der Waals surface area contributed by atoms with Crippen LogP contribution in [-0.2, 0) is 39.9 Å². The first-order valence-electron chi connectivity index (χ1n) is 18.2. The van der Waals surface area contributed by atoms with E-state index in [4.69, 9.17) is 23.4 Å². The molecule has 0 spiro atoms. The van der Waals surface area contributed by atoms with Crippen LogP contribution in [-0.4, -0.2) is 95.5 Å². The van der Waals surface area contributed by atoms with E-state index in [1.165, 1.54) is 17.7 Å². The molecule has 5 rings (SSSR count). The number of anilines is 1. The van der Waals surface area contributed by atoms with Gasteiger partial charge in [0.2, 0.25) is 0 Å². The van der Waals surface area contributed by atoms with Gasteiger partial charge in [-0.1, -0.05) is 36.2 Å². The molecule has 0 aliphatic heterocycles. The lowest BCUT2D eigenvalue weighted by Crippen LogP contribution is -2.22. The first-order valence-corrected chi connectivity index (χ1v) is 19.3. The third kappa shape index (κ3) is 11.6. The number of furan rings is 1. The fourth-order valence-corrected chi connectivity index (χ4v) is 6.40. The van der Waals surface area contributed by atoms with Gasteiger partial charge in [-0.2, -0.15) is 0 Å². The Kier molecular flexibility index (Phi) is 15.7. The molecule has 1 fully saturated rings. The molecule has 1 aromatic heterocycles. The minimum atomic E-state index is -1.02. The van der Waals surface area contributed by atoms with Gasteiger partial charge in [-0.25, -0.2) is 9.18 Å². The van der Waals surface area contributed by atoms with Gasteiger partial charge in [0, 0.05) is 42.0 Å². The molecule has 4 aromatic rings. The Morgan fingerprint density at radius 3 is 2.16 bits per heavy atom. The summed E-state index contributed by atoms with van der Waals surface area (Å²) in [6.07, 6.45) is 5.02. The molecule has 294 valence electrons. The van der Waals surface area contributed by atoms with Gasteiger partial charge in [0.15, 0.2) is 0 Å². The molecule has 1 aliphatic carbocycles. The third-order valence-corrected chi connectivity index (χ3v) is 9.54. The summed E-state index contributed by atoms with van der Waals surface area (Å²) < 4.78 is 49.5. The largest absolute Gasteiger partial charge is 0.507 e. The number of amides is 1. The maximum atomic E-state index is 13.7. The molecular formula is C41H47FN2O10S. The first-order chi connectivity index (χ1) is 26.7. The number of benzene rings is 3. The van der Waals surface area contributed by atoms with E-state index < -0.39 is 11.8 Å². The summed E-state index contributed by atoms with van der Waals surface area (Å²) in [5.74, 6) is -2.07. The average molecular weight is 779 g/mol. The zero-order valence-electron chi connectivity index (χ0n) is 31.3. The van der Waals surface area contributed by atoms with Crippen LogP contribution in [0, 0.1) is 5.82 Å². The first kappa shape index (κ1) is 41.4. The predicted octanol–water partition coefficient (Wildman–Crippen LogP) is 6.86. The normalized spacial score (nSPS) is 12.9. The number of ether oxygens (including phenoxy) is 5. The number of nitrogens with one attached hydrogen (secondary N) is 1. The summed E-state index contributed by atoms with van der Waals surface area (Å²) in [4.78, 5) is 36.2. The quantitative estimate of drug-likeness (QED) is 0.0203. The van der Waals surface area contributed by atoms with Crippen molar-refractivity contribution in [1.29, 1.82) is 0 Å². The molecule has 12 nitrogen and oxygen atoms in total. The van der Waals surface area contributed by atoms with Crippen LogP contribution in [0.5, 0.6) is 0 Å². The van der Waals surface area contributed by atoms with Crippen molar-refractivity contribution < 1.29 is 52.0 Å². The maximum absolute atomic E-state index is 13.7. The van der Waals surface area contributed by atoms with Crippen LogP contribution in [0.25, 0.3) is 28.1 Å². The highest BCUT2D eigenvalue weighted by atomic mass is 32.2. The van der Waals surface area contributed by atoms with Crippen molar-refractivity contribution in [3.8, 4) is 11.3 Å². The Bertz CT molecular complexity index is 1930. The van der Waals surface area contributed by atoms with Crippen molar-refractivity contribution in [2.45, 2.75) is 32.3 Å². The third-order valence-electron chi connectivity index (χ3n) is 8.72. The molecular weight excluding hydrogens is 732 g/mol. The molecule has 1 amide bonds. The van der Waals surface area contributed by atoms with Crippen molar-refractivity contribution in [2.24, 2.45) is 0 Å². The van der Waals surface area contributed by atoms with Gasteiger partial charge < -0.3 is 42.8 Å². The summed E-state index contributed by atoms with van der Waals surface area (Å²) in [6, 6.07) is 16.8. The molecule has 0 bridgehead atoms. The molecule has 55 heavy (non-hydrogen) atoms. The lowest BCUT2D eigenvalue weighted by Gasteiger charge is -2.24. The van der Waals surface area contributed by atoms with Gasteiger partial charge in [-0.05, 0) is 67.1 Å². The van der Waals surface area contributed by atoms with E-state index in [1.807, 2.05) is 12.3 Å². The lowest BCUT2D eigenvalue weighted by molar-refractivity contribution is -0.151. The molecule has 2 N–H and O–H groups in total. The van der Waals surface area contributed by atoms with Gasteiger partial charge in [0.1, 0.15) is 22.9 Å². The predicted molar refractivity (Wildman–Crippen MR) is 209 cm³/mol. The van der Waals surface area contributed by atoms with E-state index in [-0.39, 0.29) is 24.1 Å². The zero-order chi connectivity index (χ0) is 39.2. The number of halogens is 1. The monoisotopic (exact) mass is 778 g/mol. The molecule has 14 heteroatoms. The zero-order valence-corrected chi connectivity index (χ0v) is 32.1. The lowest BCUT2D eigenvalue weighted by atomic mass is 10.0. The summed E-state index contributed by atoms with van der Waals surface area (Å²) in [5, 5.41) is 13.6. The van der Waals surface area contributed by atoms with E-state index in [0.717, 1.165) is 35.6 Å². The number of aliphatic hydroxyl groups is 1. The number of rotatable bonds is 23. The summed E-state index contributed by atoms with van der Waals surface area (Å²) in [6.45, 7) is 5.60. The van der Waals surface area contributed by atoms with E-state index in [2.05, 4.69) is 20.4 Å². The minimum absolute atomic E-state index is 0.0767. The molecule has 0 saturated heterocycles. The molecule has 1 heterocycles. The molecule has 0 radical (unpaired) electrons. The van der Waals surface area contributed by atoms with Crippen LogP contribution in [0.1, 0.15) is 52.7 Å². The number of fused-ring (bicyclic) bond motifs is 1. The van der Waals surface area contributed by atoms with Crippen LogP contribution in [0.15, 0.2) is 71.2 Å². The number of ketones is 1. The Morgan fingerprint density at radius 2 is 1.56 bits per heavy atom. The minimum Gasteiger partial charge on any atom is -0.507 e. The highest BCUT2D eigenvalue weighted by Gasteiger charge is 2.31. The number of nitrogens with zero attached hydrogens (tertiary/aromatic N) is 1. The summed E-state index contributed by atoms with van der Waals surface area (Å²) in [7, 11) is 1.59. The Balaban J connectivity index is 0.993. The smallest absolute Gasteiger partial charge is 0.379 e. The average Bonchev–Trinajstić information content (AvgIpc) is 3.98. The summed E-state index contributed by atoms with van der Waals surface area (Å²) in [5.41, 5.74) is 5.11. The number of aliphatic hydroxyl groups excluding tert-OH is 1. The molecule has 1 saturated carbocycles. The van der Waals surface area contributed by atoms with Crippen molar-refractivity contribution in [3.63, 3.8) is 0 Å². The van der Waals surface area contributed by atoms with Crippen LogP contribution in [0.4, 0.5) is 10.1 Å². The van der Waals surface area contributed by atoms with Gasteiger partial charge in [0.25, 0.3) is 11.7 Å². The van der Waals surface area contributed by atoms with Crippen LogP contribution in [0.2, 0.25) is 0 Å².